The maximum absolute atomic E-state index is 14.6. The molecule has 246 valence electrons. The number of anilines is 1. The monoisotopic (exact) mass is 645 g/mol. The maximum Gasteiger partial charge on any atom is 0.415 e. The predicted molar refractivity (Wildman–Crippen MR) is 181 cm³/mol. The van der Waals surface area contributed by atoms with Crippen LogP contribution >= 0.6 is 0 Å². The minimum atomic E-state index is -0.887. The van der Waals surface area contributed by atoms with E-state index in [1.165, 1.54) is 12.0 Å². The number of rotatable bonds is 10. The maximum atomic E-state index is 14.6. The number of amides is 3. The first-order valence-corrected chi connectivity index (χ1v) is 16.2. The topological polar surface area (TPSA) is 96.5 Å². The molecule has 2 heterocycles. The lowest BCUT2D eigenvalue weighted by atomic mass is 9.92. The number of para-hydroxylation sites is 1. The largest absolute Gasteiger partial charge is 0.469 e. The molecule has 0 N–H and O–H groups in total. The summed E-state index contributed by atoms with van der Waals surface area (Å²) in [7, 11) is 1.34. The summed E-state index contributed by atoms with van der Waals surface area (Å²) in [5.74, 6) is -1.01. The Morgan fingerprint density at radius 2 is 1.38 bits per heavy atom. The second-order valence-corrected chi connectivity index (χ2v) is 12.2. The van der Waals surface area contributed by atoms with E-state index in [1.807, 2.05) is 109 Å². The molecule has 6 rings (SSSR count). The van der Waals surface area contributed by atoms with Gasteiger partial charge in [0.05, 0.1) is 25.8 Å². The summed E-state index contributed by atoms with van der Waals surface area (Å²) in [5, 5.41) is 0. The number of hydrogen-bond donors (Lipinski definition) is 0. The van der Waals surface area contributed by atoms with Gasteiger partial charge in [-0.1, -0.05) is 103 Å². The highest BCUT2D eigenvalue weighted by Crippen LogP contribution is 2.34. The molecule has 48 heavy (non-hydrogen) atoms. The molecule has 0 aliphatic carbocycles. The van der Waals surface area contributed by atoms with Crippen LogP contribution in [0, 0.1) is 0 Å². The molecule has 0 bridgehead atoms. The van der Waals surface area contributed by atoms with Crippen molar-refractivity contribution < 1.29 is 28.7 Å². The number of carbonyl (C=O) groups excluding carboxylic acids is 4. The van der Waals surface area contributed by atoms with Crippen LogP contribution in [0.25, 0.3) is 0 Å². The van der Waals surface area contributed by atoms with Crippen molar-refractivity contribution in [2.75, 3.05) is 25.1 Å². The summed E-state index contributed by atoms with van der Waals surface area (Å²) < 4.78 is 10.7. The van der Waals surface area contributed by atoms with Gasteiger partial charge in [0.1, 0.15) is 12.6 Å². The van der Waals surface area contributed by atoms with E-state index in [0.29, 0.717) is 31.5 Å². The van der Waals surface area contributed by atoms with E-state index in [9.17, 15) is 19.2 Å². The summed E-state index contributed by atoms with van der Waals surface area (Å²) in [6, 6.07) is 33.2. The van der Waals surface area contributed by atoms with Gasteiger partial charge in [-0.3, -0.25) is 19.3 Å². The molecule has 0 radical (unpaired) electrons. The van der Waals surface area contributed by atoms with E-state index in [2.05, 4.69) is 0 Å². The molecule has 2 aliphatic heterocycles. The zero-order valence-corrected chi connectivity index (χ0v) is 27.0. The zero-order chi connectivity index (χ0) is 33.5. The van der Waals surface area contributed by atoms with E-state index in [-0.39, 0.29) is 37.9 Å². The molecule has 3 amide bonds. The molecule has 9 nitrogen and oxygen atoms in total. The summed E-state index contributed by atoms with van der Waals surface area (Å²) in [6.45, 7) is 0.448. The number of ether oxygens (including phenoxy) is 2. The third kappa shape index (κ3) is 7.41. The Kier molecular flexibility index (Phi) is 10.1. The van der Waals surface area contributed by atoms with E-state index >= 15 is 0 Å². The van der Waals surface area contributed by atoms with Crippen LogP contribution in [0.5, 0.6) is 0 Å². The van der Waals surface area contributed by atoms with Crippen molar-refractivity contribution in [2.24, 2.45) is 0 Å². The molecular formula is C39H39N3O6. The normalized spacial score (nSPS) is 16.4. The molecule has 2 aliphatic rings. The van der Waals surface area contributed by atoms with Gasteiger partial charge in [0.25, 0.3) is 0 Å². The lowest BCUT2D eigenvalue weighted by Crippen LogP contribution is -2.54. The SMILES string of the molecule is COC(=O)C[C@H]1Cc2ccccc2CN1C(=O)CN(CCc1ccccc1)C(=O)[C@H]1Cc2ccccc2N1C(=O)OCc1ccccc1. The van der Waals surface area contributed by atoms with Gasteiger partial charge in [0.2, 0.25) is 11.8 Å². The van der Waals surface area contributed by atoms with Gasteiger partial charge in [-0.15, -0.1) is 0 Å². The van der Waals surface area contributed by atoms with Crippen molar-refractivity contribution in [3.8, 4) is 0 Å². The second kappa shape index (κ2) is 15.0. The average molecular weight is 646 g/mol. The van der Waals surface area contributed by atoms with Crippen molar-refractivity contribution in [3.05, 3.63) is 137 Å². The van der Waals surface area contributed by atoms with E-state index in [4.69, 9.17) is 9.47 Å². The Hall–Kier alpha value is -5.44. The lowest BCUT2D eigenvalue weighted by molar-refractivity contribution is -0.147. The van der Waals surface area contributed by atoms with Crippen molar-refractivity contribution in [1.82, 2.24) is 9.80 Å². The number of carbonyl (C=O) groups is 4. The van der Waals surface area contributed by atoms with E-state index in [1.54, 1.807) is 9.80 Å². The Labute approximate surface area is 280 Å². The summed E-state index contributed by atoms with van der Waals surface area (Å²) >= 11 is 0. The minimum Gasteiger partial charge on any atom is -0.469 e. The Morgan fingerprint density at radius 3 is 2.08 bits per heavy atom. The Morgan fingerprint density at radius 1 is 0.750 bits per heavy atom. The summed E-state index contributed by atoms with van der Waals surface area (Å²) in [5.41, 5.74) is 5.42. The molecule has 4 aromatic carbocycles. The number of hydrogen-bond acceptors (Lipinski definition) is 6. The van der Waals surface area contributed by atoms with Crippen LogP contribution in [0.4, 0.5) is 10.5 Å². The van der Waals surface area contributed by atoms with E-state index in [0.717, 1.165) is 27.8 Å². The van der Waals surface area contributed by atoms with Crippen LogP contribution in [-0.4, -0.2) is 66.0 Å². The molecule has 0 spiro atoms. The highest BCUT2D eigenvalue weighted by molar-refractivity contribution is 6.01. The summed E-state index contributed by atoms with van der Waals surface area (Å²) in [4.78, 5) is 59.5. The zero-order valence-electron chi connectivity index (χ0n) is 27.0. The van der Waals surface area contributed by atoms with Crippen LogP contribution in [0.3, 0.4) is 0 Å². The molecule has 2 atom stereocenters. The third-order valence-corrected chi connectivity index (χ3v) is 9.12. The molecule has 0 fully saturated rings. The Bertz CT molecular complexity index is 1760. The smallest absolute Gasteiger partial charge is 0.415 e. The van der Waals surface area contributed by atoms with Crippen molar-refractivity contribution in [2.45, 2.75) is 50.9 Å². The van der Waals surface area contributed by atoms with Gasteiger partial charge in [0, 0.05) is 25.6 Å². The molecule has 0 saturated heterocycles. The van der Waals surface area contributed by atoms with Crippen LogP contribution in [0.1, 0.15) is 34.2 Å². The van der Waals surface area contributed by atoms with Crippen molar-refractivity contribution in [1.29, 1.82) is 0 Å². The van der Waals surface area contributed by atoms with Crippen LogP contribution in [0.2, 0.25) is 0 Å². The van der Waals surface area contributed by atoms with Crippen molar-refractivity contribution >= 4 is 29.6 Å². The molecule has 9 heteroatoms. The third-order valence-electron chi connectivity index (χ3n) is 9.12. The number of benzene rings is 4. The van der Waals surface area contributed by atoms with Gasteiger partial charge < -0.3 is 19.3 Å². The fourth-order valence-corrected chi connectivity index (χ4v) is 6.58. The minimum absolute atomic E-state index is 0.0491. The molecule has 0 aromatic heterocycles. The van der Waals surface area contributed by atoms with Gasteiger partial charge >= 0.3 is 12.1 Å². The van der Waals surface area contributed by atoms with Crippen LogP contribution in [0.15, 0.2) is 109 Å². The highest BCUT2D eigenvalue weighted by atomic mass is 16.6. The number of nitrogens with zero attached hydrogens (tertiary/aromatic N) is 3. The lowest BCUT2D eigenvalue weighted by Gasteiger charge is -2.38. The number of methoxy groups -OCH3 is 1. The van der Waals surface area contributed by atoms with Crippen LogP contribution in [-0.2, 0) is 56.3 Å². The van der Waals surface area contributed by atoms with E-state index < -0.39 is 24.1 Å². The summed E-state index contributed by atoms with van der Waals surface area (Å²) in [6.07, 6.45) is 0.753. The quantitative estimate of drug-likeness (QED) is 0.216. The van der Waals surface area contributed by atoms with Gasteiger partial charge in [-0.05, 0) is 46.7 Å². The fourth-order valence-electron chi connectivity index (χ4n) is 6.58. The average Bonchev–Trinajstić information content (AvgIpc) is 3.52. The van der Waals surface area contributed by atoms with Gasteiger partial charge in [-0.2, -0.15) is 0 Å². The molecule has 4 aromatic rings. The number of esters is 1. The molecular weight excluding hydrogens is 606 g/mol. The van der Waals surface area contributed by atoms with Gasteiger partial charge in [-0.25, -0.2) is 4.79 Å². The second-order valence-electron chi connectivity index (χ2n) is 12.2. The first-order valence-electron chi connectivity index (χ1n) is 16.2. The fraction of sp³-hybridized carbons (Fsp3) is 0.282. The number of fused-ring (bicyclic) bond motifs is 2. The van der Waals surface area contributed by atoms with Crippen LogP contribution < -0.4 is 4.90 Å². The molecule has 0 saturated carbocycles. The predicted octanol–water partition coefficient (Wildman–Crippen LogP) is 5.34. The van der Waals surface area contributed by atoms with Gasteiger partial charge in [0.15, 0.2) is 0 Å². The standard InChI is InChI=1S/C39H39N3O6/c1-47-37(44)24-33-22-30-16-8-9-18-32(30)25-41(33)36(43)26-40(21-20-28-12-4-2-5-13-28)38(45)35-23-31-17-10-11-19-34(31)42(35)39(46)48-27-29-14-6-3-7-15-29/h2-19,33,35H,20-27H2,1H3/t33-,35-/m1/s1. The highest BCUT2D eigenvalue weighted by Gasteiger charge is 2.42. The first kappa shape index (κ1) is 32.5. The molecule has 0 unspecified atom stereocenters. The first-order chi connectivity index (χ1) is 23.4. The Balaban J connectivity index is 1.26. The van der Waals surface area contributed by atoms with Crippen molar-refractivity contribution in [3.63, 3.8) is 0 Å².